The lowest BCUT2D eigenvalue weighted by molar-refractivity contribution is -0.153. The highest BCUT2D eigenvalue weighted by atomic mass is 35.5. The Hall–Kier alpha value is -1.20. The van der Waals surface area contributed by atoms with Crippen LogP contribution in [0.4, 0.5) is 0 Å². The third-order valence-electron chi connectivity index (χ3n) is 1.98. The van der Waals surface area contributed by atoms with Gasteiger partial charge >= 0.3 is 5.97 Å². The molecule has 0 aromatic carbocycles. The second kappa shape index (κ2) is 4.82. The maximum atomic E-state index is 11.7. The quantitative estimate of drug-likeness (QED) is 0.627. The zero-order chi connectivity index (χ0) is 13.3. The number of aromatic nitrogens is 2. The minimum atomic E-state index is -0.477. The minimum Gasteiger partial charge on any atom is -0.460 e. The number of ether oxygens (including phenoxy) is 1. The van der Waals surface area contributed by atoms with Gasteiger partial charge in [0.25, 0.3) is 0 Å². The number of hydrogen-bond donors (Lipinski definition) is 0. The fraction of sp³-hybridized carbons (Fsp3) is 0.417. The zero-order valence-corrected chi connectivity index (χ0v) is 11.9. The van der Waals surface area contributed by atoms with E-state index in [1.807, 2.05) is 20.8 Å². The van der Waals surface area contributed by atoms with E-state index in [0.29, 0.717) is 10.2 Å². The Labute approximate surface area is 114 Å². The van der Waals surface area contributed by atoms with Gasteiger partial charge in [0.1, 0.15) is 26.1 Å². The highest BCUT2D eigenvalue weighted by Gasteiger charge is 2.18. The van der Waals surface area contributed by atoms with Gasteiger partial charge in [0.2, 0.25) is 0 Å². The van der Waals surface area contributed by atoms with Crippen LogP contribution < -0.4 is 0 Å². The summed E-state index contributed by atoms with van der Waals surface area (Å²) >= 11 is 7.16. The molecule has 0 aliphatic heterocycles. The van der Waals surface area contributed by atoms with Crippen LogP contribution in [0.5, 0.6) is 0 Å². The Kier molecular flexibility index (Phi) is 3.54. The molecule has 2 aromatic heterocycles. The van der Waals surface area contributed by atoms with Gasteiger partial charge in [-0.25, -0.2) is 9.97 Å². The van der Waals surface area contributed by atoms with Crippen LogP contribution in [0, 0.1) is 0 Å². The molecular weight excluding hydrogens is 272 g/mol. The summed E-state index contributed by atoms with van der Waals surface area (Å²) in [6.07, 6.45) is 0.163. The summed E-state index contributed by atoms with van der Waals surface area (Å²) < 4.78 is 5.24. The molecule has 2 rings (SSSR count). The average molecular weight is 285 g/mol. The number of thiazole rings is 1. The first-order valence-electron chi connectivity index (χ1n) is 5.47. The molecule has 18 heavy (non-hydrogen) atoms. The first-order chi connectivity index (χ1) is 8.33. The molecule has 2 heterocycles. The standard InChI is InChI=1S/C12H13ClN2O2S/c1-12(2,3)17-10(16)6-9-14-7-4-5-8(13)15-11(7)18-9/h4-5H,6H2,1-3H3. The molecule has 0 aliphatic carbocycles. The van der Waals surface area contributed by atoms with Crippen molar-refractivity contribution in [1.29, 1.82) is 0 Å². The van der Waals surface area contributed by atoms with E-state index in [4.69, 9.17) is 16.3 Å². The molecule has 0 N–H and O–H groups in total. The summed E-state index contributed by atoms with van der Waals surface area (Å²) in [5.74, 6) is -0.285. The first-order valence-corrected chi connectivity index (χ1v) is 6.67. The van der Waals surface area contributed by atoms with Gasteiger partial charge < -0.3 is 4.74 Å². The normalized spacial score (nSPS) is 11.8. The molecule has 0 atom stereocenters. The molecule has 4 nitrogen and oxygen atoms in total. The molecule has 0 saturated heterocycles. The number of carbonyl (C=O) groups is 1. The van der Waals surface area contributed by atoms with Gasteiger partial charge in [-0.15, -0.1) is 0 Å². The van der Waals surface area contributed by atoms with Crippen molar-refractivity contribution in [2.24, 2.45) is 0 Å². The zero-order valence-electron chi connectivity index (χ0n) is 10.4. The molecule has 0 spiro atoms. The molecule has 0 radical (unpaired) electrons. The van der Waals surface area contributed by atoms with Gasteiger partial charge in [0, 0.05) is 0 Å². The van der Waals surface area contributed by atoms with Crippen molar-refractivity contribution >= 4 is 39.3 Å². The van der Waals surface area contributed by atoms with Crippen molar-refractivity contribution in [1.82, 2.24) is 9.97 Å². The number of carbonyl (C=O) groups excluding carboxylic acids is 1. The lowest BCUT2D eigenvalue weighted by atomic mass is 10.2. The minimum absolute atomic E-state index is 0.163. The predicted octanol–water partition coefficient (Wildman–Crippen LogP) is 3.23. The van der Waals surface area contributed by atoms with Crippen LogP contribution in [0.15, 0.2) is 12.1 Å². The van der Waals surface area contributed by atoms with Crippen molar-refractivity contribution in [2.45, 2.75) is 32.8 Å². The predicted molar refractivity (Wildman–Crippen MR) is 72.0 cm³/mol. The molecular formula is C12H13ClN2O2S. The average Bonchev–Trinajstić information content (AvgIpc) is 2.55. The summed E-state index contributed by atoms with van der Waals surface area (Å²) in [6, 6.07) is 3.47. The van der Waals surface area contributed by atoms with E-state index in [1.54, 1.807) is 12.1 Å². The third-order valence-corrected chi connectivity index (χ3v) is 3.16. The van der Waals surface area contributed by atoms with Gasteiger partial charge in [0.05, 0.1) is 6.42 Å². The van der Waals surface area contributed by atoms with Gasteiger partial charge in [-0.2, -0.15) is 0 Å². The number of esters is 1. The number of pyridine rings is 1. The maximum Gasteiger partial charge on any atom is 0.313 e. The van der Waals surface area contributed by atoms with Crippen LogP contribution >= 0.6 is 22.9 Å². The topological polar surface area (TPSA) is 52.1 Å². The van der Waals surface area contributed by atoms with E-state index in [0.717, 1.165) is 10.3 Å². The second-order valence-corrected chi connectivity index (χ2v) is 6.28. The lowest BCUT2D eigenvalue weighted by Crippen LogP contribution is -2.24. The molecule has 2 aromatic rings. The smallest absolute Gasteiger partial charge is 0.313 e. The van der Waals surface area contributed by atoms with Crippen molar-refractivity contribution in [3.05, 3.63) is 22.3 Å². The van der Waals surface area contributed by atoms with Crippen LogP contribution in [-0.4, -0.2) is 21.5 Å². The van der Waals surface area contributed by atoms with Crippen LogP contribution in [0.2, 0.25) is 5.15 Å². The Morgan fingerprint density at radius 2 is 2.11 bits per heavy atom. The van der Waals surface area contributed by atoms with Crippen LogP contribution in [0.3, 0.4) is 0 Å². The fourth-order valence-electron chi connectivity index (χ4n) is 1.42. The first kappa shape index (κ1) is 13.2. The fourth-order valence-corrected chi connectivity index (χ4v) is 2.53. The van der Waals surface area contributed by atoms with E-state index in [2.05, 4.69) is 9.97 Å². The molecule has 0 saturated carbocycles. The molecule has 6 heteroatoms. The summed E-state index contributed by atoms with van der Waals surface area (Å²) in [5, 5.41) is 1.11. The number of hydrogen-bond acceptors (Lipinski definition) is 5. The highest BCUT2D eigenvalue weighted by Crippen LogP contribution is 2.23. The highest BCUT2D eigenvalue weighted by molar-refractivity contribution is 7.18. The van der Waals surface area contributed by atoms with Crippen molar-refractivity contribution in [3.63, 3.8) is 0 Å². The Morgan fingerprint density at radius 1 is 1.39 bits per heavy atom. The molecule has 0 aliphatic rings. The number of halogens is 1. The summed E-state index contributed by atoms with van der Waals surface area (Å²) in [7, 11) is 0. The molecule has 0 fully saturated rings. The van der Waals surface area contributed by atoms with Crippen LogP contribution in [0.25, 0.3) is 10.3 Å². The largest absolute Gasteiger partial charge is 0.460 e. The van der Waals surface area contributed by atoms with Crippen molar-refractivity contribution in [3.8, 4) is 0 Å². The molecule has 96 valence electrons. The number of fused-ring (bicyclic) bond motifs is 1. The Morgan fingerprint density at radius 3 is 2.78 bits per heavy atom. The van der Waals surface area contributed by atoms with Gasteiger partial charge in [0.15, 0.2) is 0 Å². The van der Waals surface area contributed by atoms with Crippen molar-refractivity contribution < 1.29 is 9.53 Å². The lowest BCUT2D eigenvalue weighted by Gasteiger charge is -2.18. The SMILES string of the molecule is CC(C)(C)OC(=O)Cc1nc2ccc(Cl)nc2s1. The molecule has 0 unspecified atom stereocenters. The second-order valence-electron chi connectivity index (χ2n) is 4.83. The van der Waals surface area contributed by atoms with E-state index >= 15 is 0 Å². The van der Waals surface area contributed by atoms with Crippen LogP contribution in [-0.2, 0) is 16.0 Å². The molecule has 0 bridgehead atoms. The molecule has 0 amide bonds. The van der Waals surface area contributed by atoms with Crippen LogP contribution in [0.1, 0.15) is 25.8 Å². The van der Waals surface area contributed by atoms with Crippen molar-refractivity contribution in [2.75, 3.05) is 0 Å². The van der Waals surface area contributed by atoms with Gasteiger partial charge in [-0.1, -0.05) is 22.9 Å². The van der Waals surface area contributed by atoms with E-state index in [1.165, 1.54) is 11.3 Å². The Balaban J connectivity index is 2.15. The third kappa shape index (κ3) is 3.40. The number of rotatable bonds is 2. The number of nitrogens with zero attached hydrogens (tertiary/aromatic N) is 2. The summed E-state index contributed by atoms with van der Waals surface area (Å²) in [6.45, 7) is 5.51. The Bertz CT molecular complexity index is 589. The maximum absolute atomic E-state index is 11.7. The van der Waals surface area contributed by atoms with Gasteiger partial charge in [-0.05, 0) is 32.9 Å². The van der Waals surface area contributed by atoms with E-state index in [9.17, 15) is 4.79 Å². The van der Waals surface area contributed by atoms with E-state index < -0.39 is 5.60 Å². The monoisotopic (exact) mass is 284 g/mol. The summed E-state index contributed by atoms with van der Waals surface area (Å²) in [5.41, 5.74) is 0.276. The summed E-state index contributed by atoms with van der Waals surface area (Å²) in [4.78, 5) is 20.9. The van der Waals surface area contributed by atoms with Gasteiger partial charge in [-0.3, -0.25) is 4.79 Å². The van der Waals surface area contributed by atoms with E-state index in [-0.39, 0.29) is 12.4 Å².